The van der Waals surface area contributed by atoms with Crippen molar-refractivity contribution in [3.05, 3.63) is 94.5 Å². The van der Waals surface area contributed by atoms with Crippen LogP contribution in [0.4, 0.5) is 5.69 Å². The van der Waals surface area contributed by atoms with Gasteiger partial charge < -0.3 is 9.73 Å². The van der Waals surface area contributed by atoms with Crippen LogP contribution in [-0.2, 0) is 0 Å². The molecule has 4 aromatic carbocycles. The molecule has 4 nitrogen and oxygen atoms in total. The second-order valence-electron chi connectivity index (χ2n) is 7.61. The van der Waals surface area contributed by atoms with E-state index in [9.17, 15) is 4.79 Å². The van der Waals surface area contributed by atoms with Gasteiger partial charge in [-0.15, -0.1) is 0 Å². The van der Waals surface area contributed by atoms with Crippen LogP contribution in [0, 0.1) is 13.8 Å². The zero-order valence-electron chi connectivity index (χ0n) is 17.1. The highest BCUT2D eigenvalue weighted by atomic mass is 35.5. The van der Waals surface area contributed by atoms with Gasteiger partial charge in [-0.05, 0) is 66.8 Å². The van der Waals surface area contributed by atoms with E-state index in [1.165, 1.54) is 0 Å². The average Bonchev–Trinajstić information content (AvgIpc) is 3.18. The maximum absolute atomic E-state index is 13.1. The van der Waals surface area contributed by atoms with Crippen LogP contribution >= 0.6 is 11.6 Å². The number of anilines is 1. The van der Waals surface area contributed by atoms with Gasteiger partial charge in [0.2, 0.25) is 5.89 Å². The first-order chi connectivity index (χ1) is 15.0. The first kappa shape index (κ1) is 19.3. The third-order valence-corrected chi connectivity index (χ3v) is 5.72. The highest BCUT2D eigenvalue weighted by molar-refractivity contribution is 6.36. The van der Waals surface area contributed by atoms with Gasteiger partial charge >= 0.3 is 0 Å². The summed E-state index contributed by atoms with van der Waals surface area (Å²) in [5, 5.41) is 5.33. The minimum Gasteiger partial charge on any atom is -0.436 e. The largest absolute Gasteiger partial charge is 0.436 e. The highest BCUT2D eigenvalue weighted by Gasteiger charge is 2.15. The number of aryl methyl sites for hydroxylation is 2. The summed E-state index contributed by atoms with van der Waals surface area (Å²) < 4.78 is 5.93. The van der Waals surface area contributed by atoms with Gasteiger partial charge in [0.15, 0.2) is 5.58 Å². The third-order valence-electron chi connectivity index (χ3n) is 5.39. The number of oxazole rings is 1. The maximum Gasteiger partial charge on any atom is 0.256 e. The number of carbonyl (C=O) groups is 1. The molecular weight excluding hydrogens is 408 g/mol. The van der Waals surface area contributed by atoms with Gasteiger partial charge in [-0.3, -0.25) is 4.79 Å². The smallest absolute Gasteiger partial charge is 0.256 e. The number of amides is 1. The lowest BCUT2D eigenvalue weighted by atomic mass is 10.0. The first-order valence-electron chi connectivity index (χ1n) is 9.96. The molecule has 0 bridgehead atoms. The summed E-state index contributed by atoms with van der Waals surface area (Å²) in [6.45, 7) is 3.97. The van der Waals surface area contributed by atoms with Crippen LogP contribution in [0.2, 0.25) is 5.02 Å². The second-order valence-corrected chi connectivity index (χ2v) is 8.02. The Hall–Kier alpha value is -3.63. The van der Waals surface area contributed by atoms with E-state index in [-0.39, 0.29) is 5.91 Å². The number of carbonyl (C=O) groups excluding carboxylic acids is 1. The average molecular weight is 427 g/mol. The topological polar surface area (TPSA) is 55.1 Å². The number of benzene rings is 4. The fraction of sp³-hybridized carbons (Fsp3) is 0.0769. The molecule has 0 fully saturated rings. The fourth-order valence-electron chi connectivity index (χ4n) is 3.71. The molecule has 0 aliphatic rings. The fourth-order valence-corrected chi connectivity index (χ4v) is 3.95. The normalized spacial score (nSPS) is 11.2. The van der Waals surface area contributed by atoms with Gasteiger partial charge in [-0.2, -0.15) is 0 Å². The first-order valence-corrected chi connectivity index (χ1v) is 10.3. The number of nitrogens with one attached hydrogen (secondary N) is 1. The van der Waals surface area contributed by atoms with Crippen molar-refractivity contribution in [2.24, 2.45) is 0 Å². The molecule has 0 atom stereocenters. The van der Waals surface area contributed by atoms with Gasteiger partial charge in [0.1, 0.15) is 5.52 Å². The van der Waals surface area contributed by atoms with Gasteiger partial charge in [-0.1, -0.05) is 48.0 Å². The van der Waals surface area contributed by atoms with Crippen LogP contribution in [-0.4, -0.2) is 10.9 Å². The molecule has 0 aliphatic heterocycles. The van der Waals surface area contributed by atoms with Crippen molar-refractivity contribution >= 4 is 45.1 Å². The van der Waals surface area contributed by atoms with Crippen molar-refractivity contribution in [2.45, 2.75) is 13.8 Å². The Morgan fingerprint density at radius 3 is 2.61 bits per heavy atom. The lowest BCUT2D eigenvalue weighted by Gasteiger charge is -2.12. The van der Waals surface area contributed by atoms with Crippen LogP contribution in [0.3, 0.4) is 0 Å². The lowest BCUT2D eigenvalue weighted by molar-refractivity contribution is 0.102. The molecule has 0 saturated carbocycles. The molecule has 0 spiro atoms. The molecule has 152 valence electrons. The van der Waals surface area contributed by atoms with E-state index in [2.05, 4.69) is 10.3 Å². The van der Waals surface area contributed by atoms with Crippen molar-refractivity contribution in [2.75, 3.05) is 5.32 Å². The minimum absolute atomic E-state index is 0.193. The Morgan fingerprint density at radius 1 is 0.935 bits per heavy atom. The van der Waals surface area contributed by atoms with E-state index < -0.39 is 0 Å². The number of hydrogen-bond acceptors (Lipinski definition) is 3. The molecule has 1 N–H and O–H groups in total. The summed E-state index contributed by atoms with van der Waals surface area (Å²) in [5.74, 6) is 0.328. The number of fused-ring (bicyclic) bond motifs is 2. The van der Waals surface area contributed by atoms with Crippen molar-refractivity contribution in [1.29, 1.82) is 0 Å². The maximum atomic E-state index is 13.1. The van der Waals surface area contributed by atoms with Crippen LogP contribution in [0.1, 0.15) is 21.5 Å². The van der Waals surface area contributed by atoms with Gasteiger partial charge in [-0.25, -0.2) is 4.98 Å². The molecule has 5 aromatic rings. The van der Waals surface area contributed by atoms with Crippen LogP contribution < -0.4 is 5.32 Å². The molecule has 1 heterocycles. The van der Waals surface area contributed by atoms with Gasteiger partial charge in [0.05, 0.1) is 0 Å². The molecule has 5 rings (SSSR count). The van der Waals surface area contributed by atoms with Crippen LogP contribution in [0.5, 0.6) is 0 Å². The quantitative estimate of drug-likeness (QED) is 0.332. The van der Waals surface area contributed by atoms with Gasteiger partial charge in [0, 0.05) is 27.2 Å². The Labute approximate surface area is 184 Å². The van der Waals surface area contributed by atoms with E-state index in [4.69, 9.17) is 16.0 Å². The highest BCUT2D eigenvalue weighted by Crippen LogP contribution is 2.30. The number of halogens is 1. The molecule has 1 amide bonds. The second kappa shape index (κ2) is 7.56. The number of hydrogen-bond donors (Lipinski definition) is 1. The molecule has 31 heavy (non-hydrogen) atoms. The van der Waals surface area contributed by atoms with E-state index >= 15 is 0 Å². The Kier molecular flexibility index (Phi) is 4.72. The summed E-state index contributed by atoms with van der Waals surface area (Å²) in [6, 6.07) is 22.8. The SMILES string of the molecule is Cc1ccc2oc(-c3ccc(C)c(NC(=O)c4cccc5c(Cl)cccc45)c3)nc2c1. The van der Waals surface area contributed by atoms with E-state index in [0.29, 0.717) is 22.2 Å². The van der Waals surface area contributed by atoms with E-state index in [1.54, 1.807) is 6.07 Å². The van der Waals surface area contributed by atoms with Crippen LogP contribution in [0.15, 0.2) is 77.2 Å². The predicted octanol–water partition coefficient (Wildman–Crippen LogP) is 7.17. The van der Waals surface area contributed by atoms with Crippen molar-refractivity contribution in [3.8, 4) is 11.5 Å². The van der Waals surface area contributed by atoms with E-state index in [0.717, 1.165) is 38.6 Å². The molecule has 0 radical (unpaired) electrons. The Bertz CT molecular complexity index is 1470. The number of nitrogens with zero attached hydrogens (tertiary/aromatic N) is 1. The zero-order chi connectivity index (χ0) is 21.5. The molecule has 5 heteroatoms. The number of rotatable bonds is 3. The molecule has 1 aromatic heterocycles. The molecule has 0 aliphatic carbocycles. The summed E-state index contributed by atoms with van der Waals surface area (Å²) in [5.41, 5.74) is 5.70. The Balaban J connectivity index is 1.51. The number of aromatic nitrogens is 1. The van der Waals surface area contributed by atoms with Crippen LogP contribution in [0.25, 0.3) is 33.3 Å². The summed E-state index contributed by atoms with van der Waals surface area (Å²) in [6.07, 6.45) is 0. The third kappa shape index (κ3) is 3.56. The van der Waals surface area contributed by atoms with Crippen molar-refractivity contribution < 1.29 is 9.21 Å². The van der Waals surface area contributed by atoms with Gasteiger partial charge in [0.25, 0.3) is 5.91 Å². The predicted molar refractivity (Wildman–Crippen MR) is 126 cm³/mol. The summed E-state index contributed by atoms with van der Waals surface area (Å²) in [4.78, 5) is 17.7. The van der Waals surface area contributed by atoms with Crippen molar-refractivity contribution in [1.82, 2.24) is 4.98 Å². The molecule has 0 unspecified atom stereocenters. The molecular formula is C26H19ClN2O2. The monoisotopic (exact) mass is 426 g/mol. The lowest BCUT2D eigenvalue weighted by Crippen LogP contribution is -2.13. The standard InChI is InChI=1S/C26H19ClN2O2/c1-15-9-12-24-23(13-15)29-26(31-24)17-11-10-16(2)22(14-17)28-25(30)20-7-3-6-19-18(20)5-4-8-21(19)27/h3-14H,1-2H3,(H,28,30). The zero-order valence-corrected chi connectivity index (χ0v) is 17.8. The Morgan fingerprint density at radius 2 is 1.74 bits per heavy atom. The van der Waals surface area contributed by atoms with Crippen molar-refractivity contribution in [3.63, 3.8) is 0 Å². The summed E-state index contributed by atoms with van der Waals surface area (Å²) >= 11 is 6.30. The minimum atomic E-state index is -0.193. The van der Waals surface area contributed by atoms with E-state index in [1.807, 2.05) is 80.6 Å². The molecule has 0 saturated heterocycles. The summed E-state index contributed by atoms with van der Waals surface area (Å²) in [7, 11) is 0.